The van der Waals surface area contributed by atoms with Gasteiger partial charge in [-0.25, -0.2) is 0 Å². The Kier molecular flexibility index (Phi) is 3.14. The summed E-state index contributed by atoms with van der Waals surface area (Å²) in [5.74, 6) is 0. The molecule has 2 aromatic rings. The Labute approximate surface area is 101 Å². The molecule has 0 N–H and O–H groups in total. The minimum absolute atomic E-state index is 0.0695. The number of nitrogens with zero attached hydrogens (tertiary/aromatic N) is 1. The average Bonchev–Trinajstić information content (AvgIpc) is 2.49. The molecule has 1 aromatic heterocycles. The SMILES string of the molecule is O=c1cc(Cl)sn1Cc1ccc(Cl)cc1. The third-order valence-corrected chi connectivity index (χ3v) is 3.31. The quantitative estimate of drug-likeness (QED) is 0.812. The molecule has 0 aliphatic heterocycles. The van der Waals surface area contributed by atoms with Gasteiger partial charge in [-0.1, -0.05) is 35.3 Å². The molecule has 0 atom stereocenters. The first-order valence-corrected chi connectivity index (χ1v) is 5.79. The van der Waals surface area contributed by atoms with Crippen LogP contribution in [-0.2, 0) is 6.54 Å². The number of hydrogen-bond donors (Lipinski definition) is 0. The van der Waals surface area contributed by atoms with Gasteiger partial charge in [0.1, 0.15) is 4.34 Å². The van der Waals surface area contributed by atoms with Crippen molar-refractivity contribution in [3.8, 4) is 0 Å². The fraction of sp³-hybridized carbons (Fsp3) is 0.100. The third-order valence-electron chi connectivity index (χ3n) is 1.92. The maximum atomic E-state index is 11.4. The van der Waals surface area contributed by atoms with Crippen LogP contribution in [0.3, 0.4) is 0 Å². The molecule has 0 saturated heterocycles. The Morgan fingerprint density at radius 2 is 1.87 bits per heavy atom. The summed E-state index contributed by atoms with van der Waals surface area (Å²) in [5.41, 5.74) is 0.958. The number of aromatic nitrogens is 1. The fourth-order valence-electron chi connectivity index (χ4n) is 1.21. The summed E-state index contributed by atoms with van der Waals surface area (Å²) in [6.45, 7) is 0.535. The highest BCUT2D eigenvalue weighted by atomic mass is 35.5. The molecule has 0 aliphatic rings. The molecule has 0 saturated carbocycles. The first-order chi connectivity index (χ1) is 7.15. The van der Waals surface area contributed by atoms with E-state index in [4.69, 9.17) is 23.2 Å². The normalized spacial score (nSPS) is 10.5. The molecule has 0 unspecified atom stereocenters. The van der Waals surface area contributed by atoms with Crippen LogP contribution >= 0.6 is 34.7 Å². The van der Waals surface area contributed by atoms with Crippen molar-refractivity contribution in [2.75, 3.05) is 0 Å². The molecular weight excluding hydrogens is 253 g/mol. The molecule has 15 heavy (non-hydrogen) atoms. The molecule has 0 spiro atoms. The van der Waals surface area contributed by atoms with E-state index in [-0.39, 0.29) is 5.56 Å². The van der Waals surface area contributed by atoms with Gasteiger partial charge in [0.15, 0.2) is 0 Å². The van der Waals surface area contributed by atoms with E-state index in [1.165, 1.54) is 17.6 Å². The number of halogens is 2. The van der Waals surface area contributed by atoms with Crippen LogP contribution in [0.2, 0.25) is 9.36 Å². The standard InChI is InChI=1S/C10H7Cl2NOS/c11-8-3-1-7(2-4-8)6-13-10(14)5-9(12)15-13/h1-5H,6H2. The van der Waals surface area contributed by atoms with Gasteiger partial charge in [0, 0.05) is 11.1 Å². The van der Waals surface area contributed by atoms with Crippen molar-refractivity contribution >= 4 is 34.7 Å². The molecule has 0 amide bonds. The number of rotatable bonds is 2. The van der Waals surface area contributed by atoms with Crippen molar-refractivity contribution < 1.29 is 0 Å². The predicted molar refractivity (Wildman–Crippen MR) is 64.1 cm³/mol. The van der Waals surface area contributed by atoms with Crippen LogP contribution in [0.1, 0.15) is 5.56 Å². The summed E-state index contributed by atoms with van der Waals surface area (Å²) in [4.78, 5) is 11.4. The van der Waals surface area contributed by atoms with E-state index in [0.717, 1.165) is 5.56 Å². The van der Waals surface area contributed by atoms with Crippen LogP contribution in [-0.4, -0.2) is 3.96 Å². The van der Waals surface area contributed by atoms with Crippen LogP contribution in [0.15, 0.2) is 35.1 Å². The Morgan fingerprint density at radius 3 is 2.40 bits per heavy atom. The topological polar surface area (TPSA) is 22.0 Å². The summed E-state index contributed by atoms with van der Waals surface area (Å²) in [6, 6.07) is 8.81. The molecule has 0 aliphatic carbocycles. The molecule has 1 aromatic carbocycles. The molecule has 0 fully saturated rings. The zero-order valence-electron chi connectivity index (χ0n) is 7.61. The maximum Gasteiger partial charge on any atom is 0.262 e. The number of hydrogen-bond acceptors (Lipinski definition) is 2. The van der Waals surface area contributed by atoms with E-state index in [2.05, 4.69) is 0 Å². The lowest BCUT2D eigenvalue weighted by Crippen LogP contribution is -2.12. The first-order valence-electron chi connectivity index (χ1n) is 4.26. The smallest absolute Gasteiger partial charge is 0.262 e. The summed E-state index contributed by atoms with van der Waals surface area (Å²) >= 11 is 12.7. The monoisotopic (exact) mass is 259 g/mol. The van der Waals surface area contributed by atoms with Gasteiger partial charge in [-0.15, -0.1) is 0 Å². The third kappa shape index (κ3) is 2.62. The Hall–Kier alpha value is -0.770. The van der Waals surface area contributed by atoms with E-state index in [9.17, 15) is 4.79 Å². The van der Waals surface area contributed by atoms with E-state index >= 15 is 0 Å². The summed E-state index contributed by atoms with van der Waals surface area (Å²) in [5, 5.41) is 0.690. The van der Waals surface area contributed by atoms with E-state index < -0.39 is 0 Å². The fourth-order valence-corrected chi connectivity index (χ4v) is 2.40. The highest BCUT2D eigenvalue weighted by molar-refractivity contribution is 7.11. The summed E-state index contributed by atoms with van der Waals surface area (Å²) in [6.07, 6.45) is 0. The molecule has 0 radical (unpaired) electrons. The highest BCUT2D eigenvalue weighted by Gasteiger charge is 2.02. The van der Waals surface area contributed by atoms with E-state index in [1.807, 2.05) is 12.1 Å². The Bertz CT molecular complexity index is 515. The van der Waals surface area contributed by atoms with E-state index in [0.29, 0.717) is 15.9 Å². The second kappa shape index (κ2) is 4.39. The first kappa shape index (κ1) is 10.7. The van der Waals surface area contributed by atoms with Crippen molar-refractivity contribution in [2.45, 2.75) is 6.54 Å². The zero-order chi connectivity index (χ0) is 10.8. The van der Waals surface area contributed by atoms with Gasteiger partial charge in [-0.3, -0.25) is 8.75 Å². The molecule has 2 nitrogen and oxygen atoms in total. The van der Waals surface area contributed by atoms with Crippen LogP contribution in [0.5, 0.6) is 0 Å². The van der Waals surface area contributed by atoms with Crippen LogP contribution in [0.25, 0.3) is 0 Å². The van der Waals surface area contributed by atoms with Gasteiger partial charge in [0.05, 0.1) is 6.54 Å². The van der Waals surface area contributed by atoms with Gasteiger partial charge in [-0.05, 0) is 29.2 Å². The highest BCUT2D eigenvalue weighted by Crippen LogP contribution is 2.15. The number of benzene rings is 1. The molecule has 0 bridgehead atoms. The lowest BCUT2D eigenvalue weighted by atomic mass is 10.2. The van der Waals surface area contributed by atoms with Gasteiger partial charge in [0.25, 0.3) is 5.56 Å². The zero-order valence-corrected chi connectivity index (χ0v) is 9.94. The van der Waals surface area contributed by atoms with Crippen molar-refractivity contribution in [3.05, 3.63) is 55.6 Å². The maximum absolute atomic E-state index is 11.4. The van der Waals surface area contributed by atoms with Crippen molar-refractivity contribution in [3.63, 3.8) is 0 Å². The largest absolute Gasteiger partial charge is 0.268 e. The van der Waals surface area contributed by atoms with Crippen molar-refractivity contribution in [1.29, 1.82) is 0 Å². The molecule has 2 rings (SSSR count). The lowest BCUT2D eigenvalue weighted by Gasteiger charge is -2.00. The van der Waals surface area contributed by atoms with Crippen LogP contribution in [0, 0.1) is 0 Å². The molecular formula is C10H7Cl2NOS. The molecule has 1 heterocycles. The second-order valence-electron chi connectivity index (χ2n) is 3.04. The van der Waals surface area contributed by atoms with Crippen LogP contribution in [0.4, 0.5) is 0 Å². The average molecular weight is 260 g/mol. The lowest BCUT2D eigenvalue weighted by molar-refractivity contribution is 0.849. The van der Waals surface area contributed by atoms with Gasteiger partial charge >= 0.3 is 0 Å². The van der Waals surface area contributed by atoms with E-state index in [1.54, 1.807) is 16.1 Å². The van der Waals surface area contributed by atoms with Gasteiger partial charge in [0.2, 0.25) is 0 Å². The van der Waals surface area contributed by atoms with Gasteiger partial charge < -0.3 is 0 Å². The summed E-state index contributed by atoms with van der Waals surface area (Å²) < 4.78 is 2.11. The van der Waals surface area contributed by atoms with Crippen LogP contribution < -0.4 is 5.56 Å². The van der Waals surface area contributed by atoms with Gasteiger partial charge in [-0.2, -0.15) is 0 Å². The van der Waals surface area contributed by atoms with Crippen molar-refractivity contribution in [2.24, 2.45) is 0 Å². The van der Waals surface area contributed by atoms with Crippen molar-refractivity contribution in [1.82, 2.24) is 3.96 Å². The second-order valence-corrected chi connectivity index (χ2v) is 5.17. The molecule has 5 heteroatoms. The molecule has 78 valence electrons. The summed E-state index contributed by atoms with van der Waals surface area (Å²) in [7, 11) is 0. The predicted octanol–water partition coefficient (Wildman–Crippen LogP) is 3.26. The Balaban J connectivity index is 2.25. The minimum Gasteiger partial charge on any atom is -0.268 e. The minimum atomic E-state index is -0.0695. The Morgan fingerprint density at radius 1 is 1.20 bits per heavy atom.